The summed E-state index contributed by atoms with van der Waals surface area (Å²) in [5, 5.41) is 0.279. The molecule has 1 heterocycles. The van der Waals surface area contributed by atoms with Gasteiger partial charge in [-0.1, -0.05) is 70.8 Å². The zero-order chi connectivity index (χ0) is 15.7. The van der Waals surface area contributed by atoms with Gasteiger partial charge in [-0.05, 0) is 35.2 Å². The molecule has 0 aromatic heterocycles. The summed E-state index contributed by atoms with van der Waals surface area (Å²) in [7, 11) is -1.29. The average Bonchev–Trinajstić information content (AvgIpc) is 2.37. The number of benzene rings is 1. The maximum Gasteiger partial charge on any atom is 0.137 e. The summed E-state index contributed by atoms with van der Waals surface area (Å²) in [4.78, 5) is 12.6. The largest absolute Gasteiger partial charge is 0.299 e. The standard InChI is InChI=1S/C17H24Br2OSi/c1-17(8-4-5-9-21(17,2)3)12-15(20)11-13-10-14(18)6-7-16(13)19/h6-7,10H,4-5,8-9,11-12H2,1-3H3. The minimum atomic E-state index is -1.29. The second-order valence-electron chi connectivity index (χ2n) is 7.28. The van der Waals surface area contributed by atoms with Crippen molar-refractivity contribution in [2.45, 2.75) is 63.2 Å². The van der Waals surface area contributed by atoms with Gasteiger partial charge >= 0.3 is 0 Å². The van der Waals surface area contributed by atoms with Crippen LogP contribution in [0.25, 0.3) is 0 Å². The maximum absolute atomic E-state index is 12.6. The smallest absolute Gasteiger partial charge is 0.137 e. The number of hydrogen-bond acceptors (Lipinski definition) is 1. The lowest BCUT2D eigenvalue weighted by Gasteiger charge is -2.46. The van der Waals surface area contributed by atoms with Gasteiger partial charge in [-0.3, -0.25) is 4.79 Å². The molecule has 0 saturated carbocycles. The van der Waals surface area contributed by atoms with Crippen LogP contribution >= 0.6 is 31.9 Å². The van der Waals surface area contributed by atoms with E-state index < -0.39 is 8.07 Å². The average molecular weight is 432 g/mol. The molecule has 1 aliphatic heterocycles. The molecule has 1 nitrogen and oxygen atoms in total. The normalized spacial score (nSPS) is 24.8. The first-order valence-electron chi connectivity index (χ1n) is 7.69. The Morgan fingerprint density at radius 1 is 1.29 bits per heavy atom. The molecule has 0 aliphatic carbocycles. The van der Waals surface area contributed by atoms with Crippen molar-refractivity contribution in [3.05, 3.63) is 32.7 Å². The molecule has 21 heavy (non-hydrogen) atoms. The van der Waals surface area contributed by atoms with Crippen molar-refractivity contribution in [1.82, 2.24) is 0 Å². The molecular weight excluding hydrogens is 408 g/mol. The summed E-state index contributed by atoms with van der Waals surface area (Å²) in [5.41, 5.74) is 1.09. The Balaban J connectivity index is 2.09. The van der Waals surface area contributed by atoms with E-state index in [2.05, 4.69) is 51.9 Å². The van der Waals surface area contributed by atoms with Crippen LogP contribution in [0.15, 0.2) is 27.1 Å². The first kappa shape index (κ1) is 17.4. The van der Waals surface area contributed by atoms with Gasteiger partial charge in [0.25, 0.3) is 0 Å². The zero-order valence-corrected chi connectivity index (χ0v) is 17.3. The van der Waals surface area contributed by atoms with Crippen LogP contribution < -0.4 is 0 Å². The number of carbonyl (C=O) groups excluding carboxylic acids is 1. The van der Waals surface area contributed by atoms with Crippen molar-refractivity contribution in [2.75, 3.05) is 0 Å². The lowest BCUT2D eigenvalue weighted by molar-refractivity contribution is -0.119. The van der Waals surface area contributed by atoms with Gasteiger partial charge in [0.1, 0.15) is 5.78 Å². The van der Waals surface area contributed by atoms with Crippen LogP contribution in [0.1, 0.15) is 38.2 Å². The predicted octanol–water partition coefficient (Wildman–Crippen LogP) is 6.37. The fourth-order valence-electron chi connectivity index (χ4n) is 3.44. The third-order valence-electron chi connectivity index (χ3n) is 5.40. The predicted molar refractivity (Wildman–Crippen MR) is 99.7 cm³/mol. The summed E-state index contributed by atoms with van der Waals surface area (Å²) in [5.74, 6) is 0.388. The number of hydrogen-bond donors (Lipinski definition) is 0. The molecule has 0 radical (unpaired) electrons. The topological polar surface area (TPSA) is 17.1 Å². The molecule has 1 atom stereocenters. The van der Waals surface area contributed by atoms with E-state index in [1.165, 1.54) is 25.3 Å². The van der Waals surface area contributed by atoms with Crippen molar-refractivity contribution >= 4 is 45.7 Å². The Kier molecular flexibility index (Phi) is 5.53. The fraction of sp³-hybridized carbons (Fsp3) is 0.588. The molecule has 1 aliphatic rings. The van der Waals surface area contributed by atoms with Gasteiger partial charge in [0.2, 0.25) is 0 Å². The van der Waals surface area contributed by atoms with Crippen LogP contribution in [0.5, 0.6) is 0 Å². The number of Topliss-reactive ketones (excluding diaryl/α,β-unsaturated/α-hetero) is 1. The van der Waals surface area contributed by atoms with Gasteiger partial charge < -0.3 is 0 Å². The lowest BCUT2D eigenvalue weighted by atomic mass is 9.93. The van der Waals surface area contributed by atoms with Crippen LogP contribution in [-0.2, 0) is 11.2 Å². The number of carbonyl (C=O) groups is 1. The van der Waals surface area contributed by atoms with E-state index in [9.17, 15) is 4.79 Å². The zero-order valence-electron chi connectivity index (χ0n) is 13.1. The minimum Gasteiger partial charge on any atom is -0.299 e. The minimum absolute atomic E-state index is 0.279. The second-order valence-corrected chi connectivity index (χ2v) is 14.5. The van der Waals surface area contributed by atoms with Gasteiger partial charge in [-0.15, -0.1) is 0 Å². The number of halogens is 2. The Bertz CT molecular complexity index is 542. The summed E-state index contributed by atoms with van der Waals surface area (Å²) < 4.78 is 2.07. The first-order valence-corrected chi connectivity index (χ1v) is 12.5. The number of rotatable bonds is 4. The SMILES string of the molecule is CC1(CC(=O)Cc2cc(Br)ccc2Br)CCCC[Si]1(C)C. The van der Waals surface area contributed by atoms with Crippen LogP contribution in [0, 0.1) is 0 Å². The molecule has 0 amide bonds. The first-order chi connectivity index (χ1) is 9.73. The third kappa shape index (κ3) is 4.08. The van der Waals surface area contributed by atoms with Crippen LogP contribution in [0.2, 0.25) is 24.2 Å². The van der Waals surface area contributed by atoms with Gasteiger partial charge in [0.15, 0.2) is 0 Å². The highest BCUT2D eigenvalue weighted by Crippen LogP contribution is 2.52. The molecule has 1 fully saturated rings. The summed E-state index contributed by atoms with van der Waals surface area (Å²) in [6.07, 6.45) is 5.18. The molecule has 4 heteroatoms. The van der Waals surface area contributed by atoms with E-state index in [-0.39, 0.29) is 5.04 Å². The molecule has 1 aromatic carbocycles. The Morgan fingerprint density at radius 3 is 2.67 bits per heavy atom. The van der Waals surface area contributed by atoms with E-state index in [1.807, 2.05) is 18.2 Å². The highest BCUT2D eigenvalue weighted by Gasteiger charge is 2.45. The molecule has 1 aromatic rings. The number of ketones is 1. The van der Waals surface area contributed by atoms with Crippen LogP contribution in [0.4, 0.5) is 0 Å². The molecule has 2 rings (SSSR count). The highest BCUT2D eigenvalue weighted by molar-refractivity contribution is 9.11. The maximum atomic E-state index is 12.6. The fourth-order valence-corrected chi connectivity index (χ4v) is 7.50. The molecule has 1 unspecified atom stereocenters. The van der Waals surface area contributed by atoms with Crippen LogP contribution in [0.3, 0.4) is 0 Å². The Labute approximate surface area is 146 Å². The van der Waals surface area contributed by atoms with Crippen molar-refractivity contribution in [1.29, 1.82) is 0 Å². The van der Waals surface area contributed by atoms with Gasteiger partial charge in [0.05, 0.1) is 8.07 Å². The monoisotopic (exact) mass is 430 g/mol. The molecular formula is C17H24Br2OSi. The van der Waals surface area contributed by atoms with Crippen molar-refractivity contribution in [2.24, 2.45) is 0 Å². The quantitative estimate of drug-likeness (QED) is 0.506. The van der Waals surface area contributed by atoms with Gasteiger partial charge in [0, 0.05) is 21.8 Å². The molecule has 0 spiro atoms. The Morgan fingerprint density at radius 2 is 2.00 bits per heavy atom. The summed E-state index contributed by atoms with van der Waals surface area (Å²) in [6, 6.07) is 7.43. The molecule has 116 valence electrons. The van der Waals surface area contributed by atoms with E-state index in [1.54, 1.807) is 0 Å². The lowest BCUT2D eigenvalue weighted by Crippen LogP contribution is -2.44. The van der Waals surface area contributed by atoms with E-state index >= 15 is 0 Å². The summed E-state index contributed by atoms with van der Waals surface area (Å²) in [6.45, 7) is 7.30. The van der Waals surface area contributed by atoms with Crippen molar-refractivity contribution in [3.8, 4) is 0 Å². The van der Waals surface area contributed by atoms with E-state index in [0.29, 0.717) is 12.2 Å². The van der Waals surface area contributed by atoms with Crippen LogP contribution in [-0.4, -0.2) is 13.9 Å². The second kappa shape index (κ2) is 6.67. The third-order valence-corrected chi connectivity index (χ3v) is 12.0. The van der Waals surface area contributed by atoms with Crippen molar-refractivity contribution < 1.29 is 4.79 Å². The van der Waals surface area contributed by atoms with Crippen molar-refractivity contribution in [3.63, 3.8) is 0 Å². The summed E-state index contributed by atoms with van der Waals surface area (Å²) >= 11 is 7.04. The highest BCUT2D eigenvalue weighted by atomic mass is 79.9. The van der Waals surface area contributed by atoms with E-state index in [4.69, 9.17) is 0 Å². The van der Waals surface area contributed by atoms with E-state index in [0.717, 1.165) is 20.9 Å². The Hall–Kier alpha value is 0.0669. The van der Waals surface area contributed by atoms with Gasteiger partial charge in [-0.2, -0.15) is 0 Å². The molecule has 1 saturated heterocycles. The molecule has 0 N–H and O–H groups in total. The van der Waals surface area contributed by atoms with Gasteiger partial charge in [-0.25, -0.2) is 0 Å². The molecule has 0 bridgehead atoms.